The Morgan fingerprint density at radius 1 is 0.268 bits per heavy atom. The van der Waals surface area contributed by atoms with Crippen molar-refractivity contribution < 1.29 is 13.9 Å². The summed E-state index contributed by atoms with van der Waals surface area (Å²) in [5, 5.41) is 0. The summed E-state index contributed by atoms with van der Waals surface area (Å²) in [4.78, 5) is 0. The van der Waals surface area contributed by atoms with Gasteiger partial charge in [0.25, 0.3) is 0 Å². The monoisotopic (exact) mass is 876 g/mol. The molecule has 0 aliphatic heterocycles. The summed E-state index contributed by atoms with van der Waals surface area (Å²) < 4.78 is 8.87. The van der Waals surface area contributed by atoms with Crippen LogP contribution in [0.2, 0.25) is 0 Å². The van der Waals surface area contributed by atoms with E-state index < -0.39 is 29.3 Å². The fourth-order valence-corrected chi connectivity index (χ4v) is 14.0. The number of rotatable bonds is 6. The summed E-state index contributed by atoms with van der Waals surface area (Å²) in [5.74, 6) is 0. The average molecular weight is 879 g/mol. The second-order valence-corrected chi connectivity index (χ2v) is 25.2. The van der Waals surface area contributed by atoms with Gasteiger partial charge in [0.15, 0.2) is 0 Å². The first-order chi connectivity index (χ1) is 20.3. The van der Waals surface area contributed by atoms with E-state index >= 15 is 0 Å². The Bertz CT molecular complexity index is 1200. The van der Waals surface area contributed by atoms with Gasteiger partial charge in [0, 0.05) is 0 Å². The third kappa shape index (κ3) is 10.1. The second kappa shape index (κ2) is 18.6. The number of hydrogen-bond acceptors (Lipinski definition) is 0. The van der Waals surface area contributed by atoms with Gasteiger partial charge in [-0.05, 0) is 0 Å². The van der Waals surface area contributed by atoms with Gasteiger partial charge in [-0.15, -0.1) is 0 Å². The molecule has 208 valence electrons. The topological polar surface area (TPSA) is 0 Å². The number of halogens is 2. The predicted molar refractivity (Wildman–Crippen MR) is 186 cm³/mol. The fraction of sp³-hybridized carbons (Fsp3) is 0. The van der Waals surface area contributed by atoms with Gasteiger partial charge in [-0.3, -0.25) is 0 Å². The molecular formula is C36H30As2Br2Pd. The van der Waals surface area contributed by atoms with Crippen molar-refractivity contribution in [2.24, 2.45) is 0 Å². The molecule has 6 aromatic rings. The molecule has 0 radical (unpaired) electrons. The molecule has 0 amide bonds. The van der Waals surface area contributed by atoms with Gasteiger partial charge in [-0.1, -0.05) is 0 Å². The number of hydrogen-bond donors (Lipinski definition) is 0. The molecule has 6 rings (SSSR count). The fourth-order valence-electron chi connectivity index (χ4n) is 4.36. The minimum absolute atomic E-state index is 0.575. The van der Waals surface area contributed by atoms with E-state index in [1.807, 2.05) is 0 Å². The molecule has 5 heteroatoms. The quantitative estimate of drug-likeness (QED) is 0.178. The molecule has 0 saturated heterocycles. The van der Waals surface area contributed by atoms with Crippen LogP contribution in [0.3, 0.4) is 0 Å². The Labute approximate surface area is 275 Å². The predicted octanol–water partition coefficient (Wildman–Crippen LogP) is 6.09. The number of benzene rings is 6. The van der Waals surface area contributed by atoms with Crippen LogP contribution in [0.25, 0.3) is 0 Å². The molecule has 0 aliphatic carbocycles. The SMILES string of the molecule is [Br][Pd][Br].c1ccc([As](c2ccccc2)c2ccccc2)cc1.c1ccc([As](c2ccccc2)c2ccccc2)cc1. The van der Waals surface area contributed by atoms with Crippen LogP contribution >= 0.6 is 26.9 Å². The van der Waals surface area contributed by atoms with Crippen molar-refractivity contribution in [2.45, 2.75) is 0 Å². The Hall–Kier alpha value is -1.94. The Morgan fingerprint density at radius 2 is 0.390 bits per heavy atom. The summed E-state index contributed by atoms with van der Waals surface area (Å²) in [6.07, 6.45) is 0. The molecule has 0 aliphatic rings. The van der Waals surface area contributed by atoms with E-state index in [9.17, 15) is 0 Å². The zero-order valence-electron chi connectivity index (χ0n) is 22.3. The standard InChI is InChI=1S/2C18H15As.2BrH.Pd/c2*1-4-10-16(11-5-1)19(17-12-6-2-7-13-17)18-14-8-3-9-15-18;;;/h2*1-15H;2*1H;/q;;;;+2/p-2. The Morgan fingerprint density at radius 3 is 0.512 bits per heavy atom. The maximum absolute atomic E-state index is 3.11. The molecule has 0 unspecified atom stereocenters. The van der Waals surface area contributed by atoms with Crippen LogP contribution < -0.4 is 26.1 Å². The van der Waals surface area contributed by atoms with E-state index in [2.05, 4.69) is 209 Å². The maximum atomic E-state index is 3.11. The molecule has 0 saturated carbocycles. The van der Waals surface area contributed by atoms with Gasteiger partial charge in [0.2, 0.25) is 0 Å². The van der Waals surface area contributed by atoms with Crippen molar-refractivity contribution in [2.75, 3.05) is 0 Å². The Balaban J connectivity index is 0.000000173. The average Bonchev–Trinajstić information content (AvgIpc) is 3.05. The molecule has 0 fully saturated rings. The molecule has 0 bridgehead atoms. The van der Waals surface area contributed by atoms with Crippen LogP contribution in [-0.2, 0) is 13.9 Å². The van der Waals surface area contributed by atoms with Crippen LogP contribution in [0, 0.1) is 0 Å². The van der Waals surface area contributed by atoms with Crippen molar-refractivity contribution in [1.29, 1.82) is 0 Å². The normalized spacial score (nSPS) is 10.3. The first-order valence-corrected chi connectivity index (χ1v) is 25.8. The molecule has 41 heavy (non-hydrogen) atoms. The summed E-state index contributed by atoms with van der Waals surface area (Å²) in [7, 11) is 0. The summed E-state index contributed by atoms with van der Waals surface area (Å²) >= 11 is 4.02. The van der Waals surface area contributed by atoms with E-state index in [1.54, 1.807) is 0 Å². The summed E-state index contributed by atoms with van der Waals surface area (Å²) in [6, 6.07) is 65.4. The van der Waals surface area contributed by atoms with Gasteiger partial charge < -0.3 is 0 Å². The molecule has 0 aromatic heterocycles. The molecule has 0 spiro atoms. The van der Waals surface area contributed by atoms with Crippen LogP contribution in [0.15, 0.2) is 182 Å². The molecule has 6 aromatic carbocycles. The van der Waals surface area contributed by atoms with Crippen molar-refractivity contribution in [1.82, 2.24) is 0 Å². The Kier molecular flexibility index (Phi) is 14.5. The third-order valence-electron chi connectivity index (χ3n) is 6.09. The first kappa shape index (κ1) is 32.0. The van der Waals surface area contributed by atoms with Crippen molar-refractivity contribution in [3.63, 3.8) is 0 Å². The van der Waals surface area contributed by atoms with Crippen LogP contribution in [0.5, 0.6) is 0 Å². The first-order valence-electron chi connectivity index (χ1n) is 13.0. The molecule has 0 N–H and O–H groups in total. The zero-order chi connectivity index (χ0) is 28.5. The molecule has 0 heterocycles. The van der Waals surface area contributed by atoms with Crippen molar-refractivity contribution in [3.8, 4) is 0 Å². The van der Waals surface area contributed by atoms with E-state index in [1.165, 1.54) is 26.1 Å². The second-order valence-electron chi connectivity index (χ2n) is 8.73. The summed E-state index contributed by atoms with van der Waals surface area (Å²) in [5.41, 5.74) is 0. The minimum atomic E-state index is -1.39. The van der Waals surface area contributed by atoms with Crippen LogP contribution in [0.1, 0.15) is 0 Å². The summed E-state index contributed by atoms with van der Waals surface area (Å²) in [6.45, 7) is 0. The van der Waals surface area contributed by atoms with E-state index in [0.717, 1.165) is 0 Å². The molecule has 0 atom stereocenters. The third-order valence-corrected chi connectivity index (χ3v) is 16.3. The van der Waals surface area contributed by atoms with E-state index in [-0.39, 0.29) is 0 Å². The molecule has 0 nitrogen and oxygen atoms in total. The van der Waals surface area contributed by atoms with Gasteiger partial charge in [-0.25, -0.2) is 0 Å². The van der Waals surface area contributed by atoms with Gasteiger partial charge >= 0.3 is 278 Å². The van der Waals surface area contributed by atoms with Crippen molar-refractivity contribution >= 4 is 82.3 Å². The van der Waals surface area contributed by atoms with Crippen LogP contribution in [0.4, 0.5) is 0 Å². The van der Waals surface area contributed by atoms with E-state index in [4.69, 9.17) is 0 Å². The molecular weight excluding hydrogens is 848 g/mol. The van der Waals surface area contributed by atoms with Gasteiger partial charge in [0.05, 0.1) is 0 Å². The van der Waals surface area contributed by atoms with Crippen molar-refractivity contribution in [3.05, 3.63) is 182 Å². The van der Waals surface area contributed by atoms with Gasteiger partial charge in [0.1, 0.15) is 0 Å². The zero-order valence-corrected chi connectivity index (χ0v) is 30.8. The van der Waals surface area contributed by atoms with Gasteiger partial charge in [-0.2, -0.15) is 0 Å². The van der Waals surface area contributed by atoms with E-state index in [0.29, 0.717) is 13.9 Å². The van der Waals surface area contributed by atoms with Crippen LogP contribution in [-0.4, -0.2) is 29.3 Å².